The highest BCUT2D eigenvalue weighted by atomic mass is 15.1. The van der Waals surface area contributed by atoms with E-state index in [2.05, 4.69) is 74.8 Å². The van der Waals surface area contributed by atoms with Crippen molar-refractivity contribution in [2.24, 2.45) is 11.1 Å². The van der Waals surface area contributed by atoms with Crippen LogP contribution in [0.2, 0.25) is 0 Å². The third-order valence-corrected chi connectivity index (χ3v) is 6.34. The third kappa shape index (κ3) is 4.88. The summed E-state index contributed by atoms with van der Waals surface area (Å²) in [5.74, 6) is 0. The van der Waals surface area contributed by atoms with Gasteiger partial charge >= 0.3 is 0 Å². The van der Waals surface area contributed by atoms with Crippen molar-refractivity contribution >= 4 is 11.1 Å². The van der Waals surface area contributed by atoms with E-state index < -0.39 is 5.66 Å². The summed E-state index contributed by atoms with van der Waals surface area (Å²) in [7, 11) is 1.96. The first-order valence-electron chi connectivity index (χ1n) is 10.7. The van der Waals surface area contributed by atoms with E-state index >= 15 is 0 Å². The second-order valence-corrected chi connectivity index (χ2v) is 8.47. The minimum Gasteiger partial charge on any atom is -0.306 e. The fraction of sp³-hybridized carbons (Fsp3) is 0.407. The molecule has 0 saturated carbocycles. The Morgan fingerprint density at radius 3 is 2.41 bits per heavy atom. The van der Waals surface area contributed by atoms with Crippen LogP contribution in [0.25, 0.3) is 11.1 Å². The molecule has 0 amide bonds. The van der Waals surface area contributed by atoms with Crippen molar-refractivity contribution in [3.05, 3.63) is 84.0 Å². The lowest BCUT2D eigenvalue weighted by atomic mass is 9.64. The van der Waals surface area contributed by atoms with Gasteiger partial charge < -0.3 is 5.73 Å². The summed E-state index contributed by atoms with van der Waals surface area (Å²) >= 11 is 0. The van der Waals surface area contributed by atoms with Gasteiger partial charge in [-0.25, -0.2) is 0 Å². The Labute approximate surface area is 178 Å². The Morgan fingerprint density at radius 1 is 1.24 bits per heavy atom. The first kappa shape index (κ1) is 23.1. The number of nitrogens with one attached hydrogen (secondary N) is 1. The van der Waals surface area contributed by atoms with Crippen molar-refractivity contribution in [2.45, 2.75) is 59.0 Å². The van der Waals surface area contributed by atoms with E-state index in [0.29, 0.717) is 0 Å². The SMILES string of the molecule is C=C(/C=C\C)CC/C=C1\C(C)(CC)CC=C(c2ccc(C(=C)C)cc2)C1(N)NC. The minimum atomic E-state index is -0.685. The molecule has 3 N–H and O–H groups in total. The molecule has 1 aliphatic rings. The van der Waals surface area contributed by atoms with Crippen LogP contribution in [0.15, 0.2) is 72.9 Å². The Balaban J connectivity index is 2.46. The van der Waals surface area contributed by atoms with Gasteiger partial charge in [0.05, 0.1) is 0 Å². The highest BCUT2D eigenvalue weighted by molar-refractivity contribution is 5.79. The normalized spacial score (nSPS) is 26.0. The smallest absolute Gasteiger partial charge is 0.115 e. The second-order valence-electron chi connectivity index (χ2n) is 8.47. The van der Waals surface area contributed by atoms with Crippen molar-refractivity contribution in [1.29, 1.82) is 0 Å². The molecule has 2 atom stereocenters. The van der Waals surface area contributed by atoms with E-state index in [9.17, 15) is 0 Å². The van der Waals surface area contributed by atoms with Crippen LogP contribution < -0.4 is 11.1 Å². The van der Waals surface area contributed by atoms with E-state index in [1.165, 1.54) is 5.57 Å². The average Bonchev–Trinajstić information content (AvgIpc) is 2.71. The predicted octanol–water partition coefficient (Wildman–Crippen LogP) is 6.64. The molecule has 1 aromatic rings. The maximum Gasteiger partial charge on any atom is 0.115 e. The zero-order valence-corrected chi connectivity index (χ0v) is 18.9. The van der Waals surface area contributed by atoms with E-state index in [-0.39, 0.29) is 5.41 Å². The van der Waals surface area contributed by atoms with Gasteiger partial charge in [0.25, 0.3) is 0 Å². The highest BCUT2D eigenvalue weighted by Gasteiger charge is 2.45. The molecule has 0 spiro atoms. The molecule has 0 aromatic heterocycles. The Bertz CT molecular complexity index is 838. The molecule has 2 nitrogen and oxygen atoms in total. The van der Waals surface area contributed by atoms with Gasteiger partial charge in [0.1, 0.15) is 5.66 Å². The number of hydrogen-bond donors (Lipinski definition) is 2. The maximum atomic E-state index is 7.10. The lowest BCUT2D eigenvalue weighted by molar-refractivity contribution is 0.311. The summed E-state index contributed by atoms with van der Waals surface area (Å²) in [6.45, 7) is 16.8. The van der Waals surface area contributed by atoms with Gasteiger partial charge in [-0.3, -0.25) is 5.32 Å². The number of nitrogens with two attached hydrogens (primary N) is 1. The largest absolute Gasteiger partial charge is 0.306 e. The van der Waals surface area contributed by atoms with Crippen molar-refractivity contribution < 1.29 is 0 Å². The van der Waals surface area contributed by atoms with Gasteiger partial charge in [-0.15, -0.1) is 0 Å². The van der Waals surface area contributed by atoms with E-state index in [1.807, 2.05) is 27.0 Å². The zero-order valence-electron chi connectivity index (χ0n) is 18.9. The fourth-order valence-electron chi connectivity index (χ4n) is 4.23. The third-order valence-electron chi connectivity index (χ3n) is 6.34. The number of benzene rings is 1. The highest BCUT2D eigenvalue weighted by Crippen LogP contribution is 2.48. The maximum absolute atomic E-state index is 7.10. The number of hydrogen-bond acceptors (Lipinski definition) is 2. The van der Waals surface area contributed by atoms with Gasteiger partial charge in [0, 0.05) is 0 Å². The van der Waals surface area contributed by atoms with Crippen LogP contribution in [0.5, 0.6) is 0 Å². The average molecular weight is 391 g/mol. The monoisotopic (exact) mass is 390 g/mol. The fourth-order valence-corrected chi connectivity index (χ4v) is 4.23. The summed E-state index contributed by atoms with van der Waals surface area (Å²) < 4.78 is 0. The molecule has 2 unspecified atom stereocenters. The molecule has 1 aliphatic carbocycles. The molecule has 29 heavy (non-hydrogen) atoms. The van der Waals surface area contributed by atoms with Gasteiger partial charge in [-0.1, -0.05) is 86.7 Å². The topological polar surface area (TPSA) is 38.0 Å². The lowest BCUT2D eigenvalue weighted by Gasteiger charge is -2.47. The van der Waals surface area contributed by atoms with Gasteiger partial charge in [0.2, 0.25) is 0 Å². The summed E-state index contributed by atoms with van der Waals surface area (Å²) in [5.41, 5.74) is 13.4. The van der Waals surface area contributed by atoms with Crippen LogP contribution in [0.4, 0.5) is 0 Å². The van der Waals surface area contributed by atoms with E-state index in [4.69, 9.17) is 5.73 Å². The van der Waals surface area contributed by atoms with Gasteiger partial charge in [-0.2, -0.15) is 0 Å². The van der Waals surface area contributed by atoms with Crippen molar-refractivity contribution in [3.8, 4) is 0 Å². The molecular formula is C27H38N2. The lowest BCUT2D eigenvalue weighted by Crippen LogP contribution is -2.59. The standard InChI is InChI=1S/C27H38N2/c1-8-11-21(5)12-10-13-25-26(6,9-2)19-18-24(27(25,28)29-7)23-16-14-22(15-17-23)20(3)4/h8,11,13-18,29H,3,5,9-10,12,19,28H2,1-2,4,6-7H3/b11-8-,25-13+. The molecule has 2 heteroatoms. The number of rotatable bonds is 8. The number of allylic oxidation sites excluding steroid dienone is 6. The Morgan fingerprint density at radius 2 is 1.90 bits per heavy atom. The summed E-state index contributed by atoms with van der Waals surface area (Å²) in [6.07, 6.45) is 12.7. The molecule has 0 radical (unpaired) electrons. The van der Waals surface area contributed by atoms with Crippen LogP contribution >= 0.6 is 0 Å². The molecule has 0 heterocycles. The minimum absolute atomic E-state index is 0.0425. The van der Waals surface area contributed by atoms with Gasteiger partial charge in [0.15, 0.2) is 0 Å². The molecule has 0 saturated heterocycles. The molecule has 0 fully saturated rings. The first-order chi connectivity index (χ1) is 13.7. The summed E-state index contributed by atoms with van der Waals surface area (Å²) in [4.78, 5) is 0. The van der Waals surface area contributed by atoms with Crippen LogP contribution in [0.1, 0.15) is 64.5 Å². The van der Waals surface area contributed by atoms with E-state index in [0.717, 1.165) is 53.5 Å². The van der Waals surface area contributed by atoms with Crippen LogP contribution in [-0.4, -0.2) is 12.7 Å². The molecule has 1 aromatic carbocycles. The van der Waals surface area contributed by atoms with Crippen LogP contribution in [0.3, 0.4) is 0 Å². The van der Waals surface area contributed by atoms with Crippen molar-refractivity contribution in [1.82, 2.24) is 5.32 Å². The van der Waals surface area contributed by atoms with Crippen molar-refractivity contribution in [3.63, 3.8) is 0 Å². The number of likely N-dealkylation sites (N-methyl/N-ethyl adjacent to an activating group) is 1. The molecule has 156 valence electrons. The summed E-state index contributed by atoms with van der Waals surface area (Å²) in [6, 6.07) is 8.59. The Hall–Kier alpha value is -2.16. The van der Waals surface area contributed by atoms with Gasteiger partial charge in [-0.05, 0) is 74.3 Å². The second kappa shape index (κ2) is 9.56. The van der Waals surface area contributed by atoms with Crippen molar-refractivity contribution in [2.75, 3.05) is 7.05 Å². The van der Waals surface area contributed by atoms with E-state index in [1.54, 1.807) is 0 Å². The van der Waals surface area contributed by atoms with Crippen LogP contribution in [-0.2, 0) is 0 Å². The molecule has 2 rings (SSSR count). The Kier molecular flexibility index (Phi) is 7.62. The quantitative estimate of drug-likeness (QED) is 0.297. The molecular weight excluding hydrogens is 352 g/mol. The molecule has 0 bridgehead atoms. The predicted molar refractivity (Wildman–Crippen MR) is 129 cm³/mol. The zero-order chi connectivity index (χ0) is 21.7. The molecule has 0 aliphatic heterocycles. The van der Waals surface area contributed by atoms with Crippen LogP contribution in [0, 0.1) is 5.41 Å². The first-order valence-corrected chi connectivity index (χ1v) is 10.7. The summed E-state index contributed by atoms with van der Waals surface area (Å²) in [5, 5.41) is 3.46.